The zero-order chi connectivity index (χ0) is 18.6. The van der Waals surface area contributed by atoms with Gasteiger partial charge in [0.1, 0.15) is 11.5 Å². The van der Waals surface area contributed by atoms with Crippen LogP contribution >= 0.6 is 11.3 Å². The van der Waals surface area contributed by atoms with Crippen molar-refractivity contribution in [3.8, 4) is 10.8 Å². The summed E-state index contributed by atoms with van der Waals surface area (Å²) in [6.45, 7) is 0.657. The average Bonchev–Trinajstić information content (AvgIpc) is 3.40. The summed E-state index contributed by atoms with van der Waals surface area (Å²) in [5.74, 6) is -0.141. The number of hydrogen-bond donors (Lipinski definition) is 1. The predicted octanol–water partition coefficient (Wildman–Crippen LogP) is 3.39. The summed E-state index contributed by atoms with van der Waals surface area (Å²) in [6, 6.07) is 7.48. The fraction of sp³-hybridized carbons (Fsp3) is 0.263. The minimum Gasteiger partial charge on any atom is -0.376 e. The number of benzene rings is 1. The molecule has 3 heterocycles. The van der Waals surface area contributed by atoms with Gasteiger partial charge in [0.2, 0.25) is 0 Å². The van der Waals surface area contributed by atoms with E-state index in [-0.39, 0.29) is 23.9 Å². The summed E-state index contributed by atoms with van der Waals surface area (Å²) in [5.41, 5.74) is 1.10. The van der Waals surface area contributed by atoms with Crippen LogP contribution in [0.1, 0.15) is 34.9 Å². The molecule has 8 heteroatoms. The first-order valence-corrected chi connectivity index (χ1v) is 9.49. The lowest BCUT2D eigenvalue weighted by atomic mass is 9.99. The highest BCUT2D eigenvalue weighted by atomic mass is 32.1. The molecule has 6 nitrogen and oxygen atoms in total. The Kier molecular flexibility index (Phi) is 5.17. The van der Waals surface area contributed by atoms with Crippen LogP contribution in [0.4, 0.5) is 4.39 Å². The summed E-state index contributed by atoms with van der Waals surface area (Å²) in [4.78, 5) is 25.4. The molecule has 27 heavy (non-hydrogen) atoms. The number of aromatic nitrogens is 3. The van der Waals surface area contributed by atoms with Gasteiger partial charge in [-0.25, -0.2) is 19.3 Å². The van der Waals surface area contributed by atoms with Gasteiger partial charge < -0.3 is 10.1 Å². The zero-order valence-electron chi connectivity index (χ0n) is 14.3. The smallest absolute Gasteiger partial charge is 0.271 e. The molecular formula is C19H17FN4O2S. The van der Waals surface area contributed by atoms with E-state index in [1.54, 1.807) is 36.0 Å². The number of nitrogens with one attached hydrogen (secondary N) is 1. The van der Waals surface area contributed by atoms with E-state index >= 15 is 0 Å². The zero-order valence-corrected chi connectivity index (χ0v) is 15.2. The summed E-state index contributed by atoms with van der Waals surface area (Å²) in [6.07, 6.45) is 4.89. The number of halogens is 1. The van der Waals surface area contributed by atoms with Gasteiger partial charge >= 0.3 is 0 Å². The Morgan fingerprint density at radius 2 is 2.04 bits per heavy atom. The molecule has 0 radical (unpaired) electrons. The Hall–Kier alpha value is -2.71. The number of ether oxygens (including phenoxy) is 1. The van der Waals surface area contributed by atoms with E-state index in [1.165, 1.54) is 23.5 Å². The van der Waals surface area contributed by atoms with Crippen LogP contribution in [0.25, 0.3) is 10.8 Å². The Labute approximate surface area is 159 Å². The number of nitrogens with zero attached hydrogens (tertiary/aromatic N) is 3. The highest BCUT2D eigenvalue weighted by Gasteiger charge is 2.29. The van der Waals surface area contributed by atoms with Crippen LogP contribution in [-0.2, 0) is 4.74 Å². The largest absolute Gasteiger partial charge is 0.376 e. The van der Waals surface area contributed by atoms with E-state index in [2.05, 4.69) is 20.3 Å². The van der Waals surface area contributed by atoms with E-state index < -0.39 is 0 Å². The van der Waals surface area contributed by atoms with E-state index in [1.807, 2.05) is 0 Å². The van der Waals surface area contributed by atoms with Crippen molar-refractivity contribution in [3.05, 3.63) is 65.2 Å². The lowest BCUT2D eigenvalue weighted by Gasteiger charge is -2.24. The van der Waals surface area contributed by atoms with Crippen molar-refractivity contribution in [2.45, 2.75) is 25.0 Å². The Morgan fingerprint density at radius 3 is 2.74 bits per heavy atom. The van der Waals surface area contributed by atoms with Crippen LogP contribution in [0.15, 0.2) is 48.1 Å². The Bertz CT molecular complexity index is 911. The van der Waals surface area contributed by atoms with Crippen LogP contribution in [0.5, 0.6) is 0 Å². The van der Waals surface area contributed by atoms with E-state index in [0.717, 1.165) is 18.4 Å². The van der Waals surface area contributed by atoms with Crippen molar-refractivity contribution in [3.63, 3.8) is 0 Å². The van der Waals surface area contributed by atoms with Gasteiger partial charge in [0.25, 0.3) is 5.91 Å². The summed E-state index contributed by atoms with van der Waals surface area (Å²) in [7, 11) is 0. The molecular weight excluding hydrogens is 367 g/mol. The second kappa shape index (κ2) is 7.89. The number of hydrogen-bond acceptors (Lipinski definition) is 6. The summed E-state index contributed by atoms with van der Waals surface area (Å²) in [5, 5.41) is 5.25. The number of rotatable bonds is 5. The monoisotopic (exact) mass is 384 g/mol. The molecule has 0 bridgehead atoms. The molecule has 1 fully saturated rings. The molecule has 0 saturated carbocycles. The quantitative estimate of drug-likeness (QED) is 0.730. The Morgan fingerprint density at radius 1 is 1.26 bits per heavy atom. The maximum Gasteiger partial charge on any atom is 0.271 e. The molecule has 2 aromatic heterocycles. The molecule has 0 aliphatic carbocycles. The molecule has 1 saturated heterocycles. The van der Waals surface area contributed by atoms with Gasteiger partial charge in [-0.1, -0.05) is 12.1 Å². The Balaban J connectivity index is 1.55. The fourth-order valence-corrected chi connectivity index (χ4v) is 3.78. The first kappa shape index (κ1) is 17.7. The van der Waals surface area contributed by atoms with Gasteiger partial charge in [-0.2, -0.15) is 0 Å². The lowest BCUT2D eigenvalue weighted by molar-refractivity contribution is 0.0670. The first-order chi connectivity index (χ1) is 13.2. The summed E-state index contributed by atoms with van der Waals surface area (Å²) < 4.78 is 19.0. The maximum atomic E-state index is 13.3. The van der Waals surface area contributed by atoms with Gasteiger partial charge in [-0.15, -0.1) is 11.3 Å². The van der Waals surface area contributed by atoms with Crippen LogP contribution < -0.4 is 5.32 Å². The average molecular weight is 384 g/mol. The third-order valence-corrected chi connectivity index (χ3v) is 5.18. The van der Waals surface area contributed by atoms with Crippen LogP contribution in [-0.4, -0.2) is 33.6 Å². The topological polar surface area (TPSA) is 77.0 Å². The second-order valence-electron chi connectivity index (χ2n) is 6.16. The van der Waals surface area contributed by atoms with Gasteiger partial charge in [0.15, 0.2) is 10.8 Å². The highest BCUT2D eigenvalue weighted by molar-refractivity contribution is 7.13. The minimum atomic E-state index is -0.362. The van der Waals surface area contributed by atoms with Crippen molar-refractivity contribution in [1.29, 1.82) is 0 Å². The normalized spacial score (nSPS) is 17.6. The molecule has 3 aromatic rings. The number of carbonyl (C=O) groups excluding carboxylic acids is 1. The molecule has 1 aliphatic heterocycles. The summed E-state index contributed by atoms with van der Waals surface area (Å²) >= 11 is 1.31. The second-order valence-corrected chi connectivity index (χ2v) is 7.02. The molecule has 1 N–H and O–H groups in total. The standard InChI is InChI=1S/C19H17FN4O2S/c20-13-6-4-12(5-7-13)16(15-3-1-10-26-15)24-18(25)14-11-27-19(23-14)17-21-8-2-9-22-17/h2,4-9,11,15-16H,1,3,10H2,(H,24,25)/t15-,16+/m0/s1. The number of thiazole rings is 1. The molecule has 1 aromatic carbocycles. The number of amides is 1. The van der Waals surface area contributed by atoms with Crippen molar-refractivity contribution in [1.82, 2.24) is 20.3 Å². The third-order valence-electron chi connectivity index (χ3n) is 4.35. The van der Waals surface area contributed by atoms with Crippen LogP contribution in [0.3, 0.4) is 0 Å². The molecule has 2 atom stereocenters. The van der Waals surface area contributed by atoms with E-state index in [0.29, 0.717) is 23.1 Å². The van der Waals surface area contributed by atoms with Gasteiger partial charge in [-0.05, 0) is 36.6 Å². The molecule has 138 valence electrons. The van der Waals surface area contributed by atoms with E-state index in [4.69, 9.17) is 4.74 Å². The molecule has 1 amide bonds. The van der Waals surface area contributed by atoms with Crippen molar-refractivity contribution >= 4 is 17.2 Å². The third kappa shape index (κ3) is 4.01. The van der Waals surface area contributed by atoms with Crippen LogP contribution in [0.2, 0.25) is 0 Å². The minimum absolute atomic E-state index is 0.144. The molecule has 0 unspecified atom stereocenters. The van der Waals surface area contributed by atoms with E-state index in [9.17, 15) is 9.18 Å². The predicted molar refractivity (Wildman–Crippen MR) is 98.7 cm³/mol. The fourth-order valence-electron chi connectivity index (χ4n) is 3.03. The van der Waals surface area contributed by atoms with Gasteiger partial charge in [-0.3, -0.25) is 4.79 Å². The molecule has 1 aliphatic rings. The maximum absolute atomic E-state index is 13.3. The van der Waals surface area contributed by atoms with Crippen molar-refractivity contribution in [2.75, 3.05) is 6.61 Å². The SMILES string of the molecule is O=C(N[C@H](c1ccc(F)cc1)[C@@H]1CCCO1)c1csc(-c2ncccn2)n1. The van der Waals surface area contributed by atoms with Crippen molar-refractivity contribution < 1.29 is 13.9 Å². The van der Waals surface area contributed by atoms with Crippen LogP contribution in [0, 0.1) is 5.82 Å². The molecule has 0 spiro atoms. The van der Waals surface area contributed by atoms with Crippen molar-refractivity contribution in [2.24, 2.45) is 0 Å². The molecule has 4 rings (SSSR count). The van der Waals surface area contributed by atoms with Gasteiger partial charge in [0, 0.05) is 24.4 Å². The van der Waals surface area contributed by atoms with Gasteiger partial charge in [0.05, 0.1) is 12.1 Å². The highest BCUT2D eigenvalue weighted by Crippen LogP contribution is 2.28. The first-order valence-electron chi connectivity index (χ1n) is 8.61. The number of carbonyl (C=O) groups is 1. The lowest BCUT2D eigenvalue weighted by Crippen LogP contribution is -2.36.